The molecule has 1 aromatic carbocycles. The van der Waals surface area contributed by atoms with E-state index in [0.717, 1.165) is 19.3 Å². The minimum Gasteiger partial charge on any atom is -0.382 e. The van der Waals surface area contributed by atoms with Crippen LogP contribution in [0.4, 0.5) is 5.69 Å². The lowest BCUT2D eigenvalue weighted by molar-refractivity contribution is -0.124. The van der Waals surface area contributed by atoms with Crippen molar-refractivity contribution in [3.8, 4) is 0 Å². The number of hydrogen-bond donors (Lipinski definition) is 2. The first-order valence-corrected chi connectivity index (χ1v) is 8.09. The summed E-state index contributed by atoms with van der Waals surface area (Å²) in [7, 11) is 0. The van der Waals surface area contributed by atoms with Gasteiger partial charge in [0, 0.05) is 37.6 Å². The summed E-state index contributed by atoms with van der Waals surface area (Å²) in [6, 6.07) is 6.84. The maximum atomic E-state index is 12.0. The summed E-state index contributed by atoms with van der Waals surface area (Å²) in [5.74, 6) is -0.255. The predicted octanol–water partition coefficient (Wildman–Crippen LogP) is 1.96. The van der Waals surface area contributed by atoms with Gasteiger partial charge in [0.1, 0.15) is 6.10 Å². The van der Waals surface area contributed by atoms with E-state index in [1.54, 1.807) is 24.3 Å². The molecule has 2 N–H and O–H groups in total. The van der Waals surface area contributed by atoms with E-state index in [1.165, 1.54) is 0 Å². The van der Waals surface area contributed by atoms with Gasteiger partial charge in [-0.3, -0.25) is 9.59 Å². The highest BCUT2D eigenvalue weighted by molar-refractivity contribution is 5.96. The second-order valence-corrected chi connectivity index (χ2v) is 5.37. The summed E-state index contributed by atoms with van der Waals surface area (Å²) in [5.41, 5.74) is 1.23. The number of carbonyl (C=O) groups is 2. The molecule has 1 aliphatic heterocycles. The van der Waals surface area contributed by atoms with Crippen molar-refractivity contribution >= 4 is 17.5 Å². The van der Waals surface area contributed by atoms with Crippen molar-refractivity contribution in [1.29, 1.82) is 0 Å². The van der Waals surface area contributed by atoms with E-state index >= 15 is 0 Å². The highest BCUT2D eigenvalue weighted by Crippen LogP contribution is 2.15. The fourth-order valence-corrected chi connectivity index (χ4v) is 2.33. The maximum absolute atomic E-state index is 12.0. The summed E-state index contributed by atoms with van der Waals surface area (Å²) < 4.78 is 10.5. The molecule has 0 aromatic heterocycles. The van der Waals surface area contributed by atoms with Gasteiger partial charge in [-0.1, -0.05) is 0 Å². The van der Waals surface area contributed by atoms with E-state index in [1.807, 2.05) is 6.92 Å². The van der Waals surface area contributed by atoms with Gasteiger partial charge >= 0.3 is 0 Å². The van der Waals surface area contributed by atoms with Crippen LogP contribution < -0.4 is 10.6 Å². The maximum Gasteiger partial charge on any atom is 0.253 e. The zero-order chi connectivity index (χ0) is 16.5. The number of anilines is 1. The third kappa shape index (κ3) is 5.65. The predicted molar refractivity (Wildman–Crippen MR) is 87.5 cm³/mol. The van der Waals surface area contributed by atoms with Gasteiger partial charge < -0.3 is 20.1 Å². The smallest absolute Gasteiger partial charge is 0.253 e. The van der Waals surface area contributed by atoms with Gasteiger partial charge in [-0.05, 0) is 50.5 Å². The summed E-state index contributed by atoms with van der Waals surface area (Å²) in [4.78, 5) is 23.9. The number of carbonyl (C=O) groups excluding carboxylic acids is 2. The molecule has 0 radical (unpaired) electrons. The summed E-state index contributed by atoms with van der Waals surface area (Å²) in [6.45, 7) is 4.49. The SMILES string of the molecule is CCOCCCNC(=O)c1ccc(NC(=O)[C@H]2CCCO2)cc1. The lowest BCUT2D eigenvalue weighted by Crippen LogP contribution is -2.27. The Kier molecular flexibility index (Phi) is 7.03. The zero-order valence-electron chi connectivity index (χ0n) is 13.5. The van der Waals surface area contributed by atoms with Crippen molar-refractivity contribution < 1.29 is 19.1 Å². The second-order valence-electron chi connectivity index (χ2n) is 5.37. The molecule has 23 heavy (non-hydrogen) atoms. The number of hydrogen-bond acceptors (Lipinski definition) is 4. The van der Waals surface area contributed by atoms with Crippen molar-refractivity contribution in [1.82, 2.24) is 5.32 Å². The summed E-state index contributed by atoms with van der Waals surface area (Å²) in [6.07, 6.45) is 2.10. The molecule has 126 valence electrons. The minimum absolute atomic E-state index is 0.126. The average molecular weight is 320 g/mol. The lowest BCUT2D eigenvalue weighted by Gasteiger charge is -2.11. The molecular formula is C17H24N2O4. The van der Waals surface area contributed by atoms with Gasteiger partial charge in [0.05, 0.1) is 0 Å². The number of nitrogens with one attached hydrogen (secondary N) is 2. The molecule has 0 spiro atoms. The molecule has 6 nitrogen and oxygen atoms in total. The average Bonchev–Trinajstić information content (AvgIpc) is 3.10. The highest BCUT2D eigenvalue weighted by atomic mass is 16.5. The lowest BCUT2D eigenvalue weighted by atomic mass is 10.1. The van der Waals surface area contributed by atoms with Crippen LogP contribution in [0.1, 0.15) is 36.5 Å². The Morgan fingerprint density at radius 2 is 2.09 bits per heavy atom. The van der Waals surface area contributed by atoms with Crippen LogP contribution in [0.3, 0.4) is 0 Å². The molecule has 1 atom stereocenters. The Bertz CT molecular complexity index is 510. The van der Waals surface area contributed by atoms with E-state index in [9.17, 15) is 9.59 Å². The van der Waals surface area contributed by atoms with Crippen molar-refractivity contribution in [2.24, 2.45) is 0 Å². The Hall–Kier alpha value is -1.92. The van der Waals surface area contributed by atoms with Crippen LogP contribution in [-0.4, -0.2) is 44.3 Å². The molecule has 0 bridgehead atoms. The minimum atomic E-state index is -0.358. The van der Waals surface area contributed by atoms with E-state index in [2.05, 4.69) is 10.6 Å². The molecule has 1 fully saturated rings. The molecular weight excluding hydrogens is 296 g/mol. The Morgan fingerprint density at radius 1 is 1.30 bits per heavy atom. The van der Waals surface area contributed by atoms with E-state index in [4.69, 9.17) is 9.47 Å². The van der Waals surface area contributed by atoms with Crippen molar-refractivity contribution in [2.45, 2.75) is 32.3 Å². The highest BCUT2D eigenvalue weighted by Gasteiger charge is 2.23. The first kappa shape index (κ1) is 17.4. The molecule has 2 rings (SSSR count). The largest absolute Gasteiger partial charge is 0.382 e. The fourth-order valence-electron chi connectivity index (χ4n) is 2.33. The molecule has 1 aliphatic rings. The molecule has 2 amide bonds. The van der Waals surface area contributed by atoms with Crippen LogP contribution in [0, 0.1) is 0 Å². The van der Waals surface area contributed by atoms with Crippen LogP contribution in [0.25, 0.3) is 0 Å². The molecule has 0 aliphatic carbocycles. The zero-order valence-corrected chi connectivity index (χ0v) is 13.5. The Balaban J connectivity index is 1.77. The van der Waals surface area contributed by atoms with Gasteiger partial charge in [-0.15, -0.1) is 0 Å². The van der Waals surface area contributed by atoms with Gasteiger partial charge in [0.2, 0.25) is 0 Å². The molecule has 0 unspecified atom stereocenters. The molecule has 1 aromatic rings. The van der Waals surface area contributed by atoms with Gasteiger partial charge in [-0.25, -0.2) is 0 Å². The van der Waals surface area contributed by atoms with Crippen LogP contribution in [0.15, 0.2) is 24.3 Å². The number of benzene rings is 1. The van der Waals surface area contributed by atoms with E-state index in [0.29, 0.717) is 37.6 Å². The van der Waals surface area contributed by atoms with Crippen LogP contribution in [-0.2, 0) is 14.3 Å². The first-order valence-electron chi connectivity index (χ1n) is 8.09. The van der Waals surface area contributed by atoms with Crippen molar-refractivity contribution in [3.63, 3.8) is 0 Å². The van der Waals surface area contributed by atoms with E-state index in [-0.39, 0.29) is 17.9 Å². The molecule has 1 heterocycles. The Labute approximate surface area is 136 Å². The second kappa shape index (κ2) is 9.27. The first-order chi connectivity index (χ1) is 11.2. The van der Waals surface area contributed by atoms with Crippen molar-refractivity contribution in [3.05, 3.63) is 29.8 Å². The van der Waals surface area contributed by atoms with Crippen LogP contribution >= 0.6 is 0 Å². The number of rotatable bonds is 8. The van der Waals surface area contributed by atoms with E-state index < -0.39 is 0 Å². The van der Waals surface area contributed by atoms with Crippen LogP contribution in [0.5, 0.6) is 0 Å². The molecule has 1 saturated heterocycles. The quantitative estimate of drug-likeness (QED) is 0.718. The molecule has 6 heteroatoms. The van der Waals surface area contributed by atoms with Gasteiger partial charge in [0.25, 0.3) is 11.8 Å². The number of ether oxygens (including phenoxy) is 2. The standard InChI is InChI=1S/C17H24N2O4/c1-2-22-11-4-10-18-16(20)13-6-8-14(9-7-13)19-17(21)15-5-3-12-23-15/h6-9,15H,2-5,10-12H2,1H3,(H,18,20)(H,19,21)/t15-/m1/s1. The monoisotopic (exact) mass is 320 g/mol. The number of amides is 2. The summed E-state index contributed by atoms with van der Waals surface area (Å²) in [5, 5.41) is 5.64. The normalized spacial score (nSPS) is 17.0. The third-order valence-electron chi connectivity index (χ3n) is 3.59. The topological polar surface area (TPSA) is 76.7 Å². The van der Waals surface area contributed by atoms with Gasteiger partial charge in [-0.2, -0.15) is 0 Å². The fraction of sp³-hybridized carbons (Fsp3) is 0.529. The van der Waals surface area contributed by atoms with Gasteiger partial charge in [0.15, 0.2) is 0 Å². The molecule has 0 saturated carbocycles. The van der Waals surface area contributed by atoms with Crippen molar-refractivity contribution in [2.75, 3.05) is 31.7 Å². The third-order valence-corrected chi connectivity index (χ3v) is 3.59. The van der Waals surface area contributed by atoms with Crippen LogP contribution in [0.2, 0.25) is 0 Å². The Morgan fingerprint density at radius 3 is 2.74 bits per heavy atom. The summed E-state index contributed by atoms with van der Waals surface area (Å²) >= 11 is 0.